The Morgan fingerprint density at radius 2 is 2.00 bits per heavy atom. The van der Waals surface area contributed by atoms with Crippen molar-refractivity contribution in [2.24, 2.45) is 0 Å². The van der Waals surface area contributed by atoms with Crippen LogP contribution in [0.25, 0.3) is 11.0 Å². The summed E-state index contributed by atoms with van der Waals surface area (Å²) in [5.41, 5.74) is 7.50. The molecule has 1 atom stereocenters. The second kappa shape index (κ2) is 5.63. The monoisotopic (exact) mass is 290 g/mol. The van der Waals surface area contributed by atoms with Crippen LogP contribution in [0.1, 0.15) is 26.8 Å². The smallest absolute Gasteiger partial charge is 0.244 e. The molecule has 21 heavy (non-hydrogen) atoms. The van der Waals surface area contributed by atoms with Gasteiger partial charge in [0, 0.05) is 14.1 Å². The number of hydrogen-bond acceptors (Lipinski definition) is 4. The molecule has 1 heterocycles. The molecule has 0 aliphatic carbocycles. The fourth-order valence-electron chi connectivity index (χ4n) is 2.35. The molecule has 1 unspecified atom stereocenters. The summed E-state index contributed by atoms with van der Waals surface area (Å²) in [5, 5.41) is 0. The lowest BCUT2D eigenvalue weighted by Gasteiger charge is -2.19. The summed E-state index contributed by atoms with van der Waals surface area (Å²) in [4.78, 5) is 18.1. The maximum Gasteiger partial charge on any atom is 0.244 e. The van der Waals surface area contributed by atoms with Gasteiger partial charge >= 0.3 is 0 Å². The van der Waals surface area contributed by atoms with Crippen molar-refractivity contribution in [2.45, 2.75) is 32.9 Å². The zero-order chi connectivity index (χ0) is 15.7. The molecule has 0 spiro atoms. The van der Waals surface area contributed by atoms with Gasteiger partial charge in [-0.3, -0.25) is 9.36 Å². The van der Waals surface area contributed by atoms with Gasteiger partial charge in [-0.2, -0.15) is 0 Å². The predicted octanol–water partition coefficient (Wildman–Crippen LogP) is 2.05. The van der Waals surface area contributed by atoms with Crippen LogP contribution in [0.5, 0.6) is 5.75 Å². The van der Waals surface area contributed by atoms with E-state index in [1.54, 1.807) is 23.6 Å². The van der Waals surface area contributed by atoms with Crippen LogP contribution in [-0.4, -0.2) is 40.6 Å². The van der Waals surface area contributed by atoms with E-state index in [1.165, 1.54) is 0 Å². The molecule has 1 aromatic carbocycles. The summed E-state index contributed by atoms with van der Waals surface area (Å²) >= 11 is 0. The number of fused-ring (bicyclic) bond motifs is 1. The SMILES string of the molecule is CC(C)Oc1cccc2c1nc(N)n2C(C)C(=O)N(C)C. The van der Waals surface area contributed by atoms with Gasteiger partial charge in [-0.15, -0.1) is 0 Å². The lowest BCUT2D eigenvalue weighted by Crippen LogP contribution is -2.30. The van der Waals surface area contributed by atoms with Crippen molar-refractivity contribution in [2.75, 3.05) is 19.8 Å². The van der Waals surface area contributed by atoms with Gasteiger partial charge in [0.1, 0.15) is 17.3 Å². The summed E-state index contributed by atoms with van der Waals surface area (Å²) in [5.74, 6) is 0.959. The number of benzene rings is 1. The minimum atomic E-state index is -0.417. The van der Waals surface area contributed by atoms with Gasteiger partial charge in [-0.1, -0.05) is 6.07 Å². The van der Waals surface area contributed by atoms with Gasteiger partial charge in [-0.25, -0.2) is 4.98 Å². The highest BCUT2D eigenvalue weighted by atomic mass is 16.5. The van der Waals surface area contributed by atoms with Crippen LogP contribution in [0.2, 0.25) is 0 Å². The third-order valence-electron chi connectivity index (χ3n) is 3.26. The fourth-order valence-corrected chi connectivity index (χ4v) is 2.35. The standard InChI is InChI=1S/C15H22N4O2/c1-9(2)21-12-8-6-7-11-13(12)17-15(16)19(11)10(3)14(20)18(4)5/h6-10H,1-5H3,(H2,16,17). The summed E-state index contributed by atoms with van der Waals surface area (Å²) in [6, 6.07) is 5.22. The number of imidazole rings is 1. The normalized spacial score (nSPS) is 12.7. The van der Waals surface area contributed by atoms with Gasteiger partial charge in [0.05, 0.1) is 11.6 Å². The van der Waals surface area contributed by atoms with Crippen molar-refractivity contribution < 1.29 is 9.53 Å². The molecule has 0 aliphatic rings. The highest BCUT2D eigenvalue weighted by Gasteiger charge is 2.23. The van der Waals surface area contributed by atoms with E-state index < -0.39 is 6.04 Å². The number of ether oxygens (including phenoxy) is 1. The van der Waals surface area contributed by atoms with Crippen molar-refractivity contribution in [1.29, 1.82) is 0 Å². The Morgan fingerprint density at radius 1 is 1.33 bits per heavy atom. The van der Waals surface area contributed by atoms with Crippen molar-refractivity contribution in [1.82, 2.24) is 14.5 Å². The van der Waals surface area contributed by atoms with E-state index >= 15 is 0 Å². The lowest BCUT2D eigenvalue weighted by molar-refractivity contribution is -0.131. The van der Waals surface area contributed by atoms with Gasteiger partial charge in [0.15, 0.2) is 0 Å². The number of aromatic nitrogens is 2. The number of nitrogens with two attached hydrogens (primary N) is 1. The van der Waals surface area contributed by atoms with Crippen molar-refractivity contribution in [3.63, 3.8) is 0 Å². The lowest BCUT2D eigenvalue weighted by atomic mass is 10.2. The predicted molar refractivity (Wildman–Crippen MR) is 83.3 cm³/mol. The first-order valence-corrected chi connectivity index (χ1v) is 6.97. The molecule has 0 radical (unpaired) electrons. The first kappa shape index (κ1) is 15.2. The Bertz CT molecular complexity index is 661. The van der Waals surface area contributed by atoms with Crippen LogP contribution < -0.4 is 10.5 Å². The molecular weight excluding hydrogens is 268 g/mol. The Hall–Kier alpha value is -2.24. The van der Waals surface area contributed by atoms with Gasteiger partial charge in [0.2, 0.25) is 11.9 Å². The quantitative estimate of drug-likeness (QED) is 0.935. The zero-order valence-corrected chi connectivity index (χ0v) is 13.1. The first-order chi connectivity index (χ1) is 9.82. The molecule has 0 bridgehead atoms. The number of likely N-dealkylation sites (N-methyl/N-ethyl adjacent to an activating group) is 1. The highest BCUT2D eigenvalue weighted by Crippen LogP contribution is 2.30. The van der Waals surface area contributed by atoms with E-state index in [2.05, 4.69) is 4.98 Å². The summed E-state index contributed by atoms with van der Waals surface area (Å²) in [6.45, 7) is 5.73. The molecule has 2 aromatic rings. The summed E-state index contributed by atoms with van der Waals surface area (Å²) in [7, 11) is 3.45. The molecule has 0 saturated heterocycles. The van der Waals surface area contributed by atoms with Gasteiger partial charge in [-0.05, 0) is 32.9 Å². The average molecular weight is 290 g/mol. The van der Waals surface area contributed by atoms with E-state index in [4.69, 9.17) is 10.5 Å². The minimum Gasteiger partial charge on any atom is -0.489 e. The fraction of sp³-hybridized carbons (Fsp3) is 0.467. The topological polar surface area (TPSA) is 73.4 Å². The van der Waals surface area contributed by atoms with E-state index in [-0.39, 0.29) is 12.0 Å². The van der Waals surface area contributed by atoms with Crippen LogP contribution in [-0.2, 0) is 4.79 Å². The number of para-hydroxylation sites is 1. The number of amides is 1. The molecule has 0 saturated carbocycles. The van der Waals surface area contributed by atoms with Gasteiger partial charge < -0.3 is 15.4 Å². The van der Waals surface area contributed by atoms with Gasteiger partial charge in [0.25, 0.3) is 0 Å². The molecule has 0 fully saturated rings. The highest BCUT2D eigenvalue weighted by molar-refractivity contribution is 5.88. The molecule has 6 nitrogen and oxygen atoms in total. The molecule has 114 valence electrons. The Balaban J connectivity index is 2.56. The van der Waals surface area contributed by atoms with Crippen LogP contribution in [0, 0.1) is 0 Å². The van der Waals surface area contributed by atoms with E-state index in [0.29, 0.717) is 17.2 Å². The Labute approximate surface area is 124 Å². The van der Waals surface area contributed by atoms with Crippen LogP contribution in [0.15, 0.2) is 18.2 Å². The molecule has 0 aliphatic heterocycles. The summed E-state index contributed by atoms with van der Waals surface area (Å²) in [6.07, 6.45) is 0.0443. The zero-order valence-electron chi connectivity index (χ0n) is 13.1. The number of carbonyl (C=O) groups is 1. The third-order valence-corrected chi connectivity index (χ3v) is 3.26. The molecule has 2 rings (SSSR count). The maximum atomic E-state index is 12.2. The molecular formula is C15H22N4O2. The second-order valence-corrected chi connectivity index (χ2v) is 5.54. The number of nitrogens with zero attached hydrogens (tertiary/aromatic N) is 3. The van der Waals surface area contributed by atoms with Crippen molar-refractivity contribution >= 4 is 22.9 Å². The van der Waals surface area contributed by atoms with Crippen LogP contribution in [0.3, 0.4) is 0 Å². The molecule has 1 aromatic heterocycles. The number of rotatable bonds is 4. The molecule has 2 N–H and O–H groups in total. The van der Waals surface area contributed by atoms with E-state index in [0.717, 1.165) is 5.52 Å². The Morgan fingerprint density at radius 3 is 2.57 bits per heavy atom. The number of hydrogen-bond donors (Lipinski definition) is 1. The number of carbonyl (C=O) groups excluding carboxylic acids is 1. The van der Waals surface area contributed by atoms with Crippen molar-refractivity contribution in [3.8, 4) is 5.75 Å². The minimum absolute atomic E-state index is 0.0313. The molecule has 1 amide bonds. The number of nitrogen functional groups attached to an aromatic ring is 1. The average Bonchev–Trinajstić information content (AvgIpc) is 2.73. The Kier molecular flexibility index (Phi) is 4.06. The van der Waals surface area contributed by atoms with E-state index in [9.17, 15) is 4.79 Å². The largest absolute Gasteiger partial charge is 0.489 e. The summed E-state index contributed by atoms with van der Waals surface area (Å²) < 4.78 is 7.50. The second-order valence-electron chi connectivity index (χ2n) is 5.54. The maximum absolute atomic E-state index is 12.2. The van der Waals surface area contributed by atoms with Crippen LogP contribution in [0.4, 0.5) is 5.95 Å². The molecule has 6 heteroatoms. The number of anilines is 1. The van der Waals surface area contributed by atoms with Crippen LogP contribution >= 0.6 is 0 Å². The third kappa shape index (κ3) is 2.79. The van der Waals surface area contributed by atoms with Crippen molar-refractivity contribution in [3.05, 3.63) is 18.2 Å². The van der Waals surface area contributed by atoms with E-state index in [1.807, 2.05) is 39.0 Å². The first-order valence-electron chi connectivity index (χ1n) is 6.97.